The van der Waals surface area contributed by atoms with Crippen LogP contribution in [0, 0.1) is 0 Å². The van der Waals surface area contributed by atoms with Gasteiger partial charge >= 0.3 is 13.8 Å². The molecule has 0 atom stereocenters. The van der Waals surface area contributed by atoms with E-state index >= 15 is 0 Å². The lowest BCUT2D eigenvalue weighted by molar-refractivity contribution is -0.154. The zero-order chi connectivity index (χ0) is 17.6. The van der Waals surface area contributed by atoms with Gasteiger partial charge in [0.1, 0.15) is 17.6 Å². The molecular weight excluding hydrogens is 406 g/mol. The third-order valence-electron chi connectivity index (χ3n) is 2.59. The maximum atomic E-state index is 13.1. The summed E-state index contributed by atoms with van der Waals surface area (Å²) in [6, 6.07) is 1.13. The maximum absolute atomic E-state index is 13.1. The molecule has 6 nitrogen and oxygen atoms in total. The minimum Gasteiger partial charge on any atom is -0.411 e. The SMILES string of the molecule is O=P(O)(O)CCOn1c(C(F)(F)F)nc2c(Cl)cc(Cl)c(Cl)c21. The summed E-state index contributed by atoms with van der Waals surface area (Å²) >= 11 is 17.5. The Balaban J connectivity index is 2.61. The van der Waals surface area contributed by atoms with Gasteiger partial charge in [-0.1, -0.05) is 34.8 Å². The average Bonchev–Trinajstić information content (AvgIpc) is 2.75. The minimum atomic E-state index is -4.92. The number of halogens is 6. The lowest BCUT2D eigenvalue weighted by atomic mass is 10.3. The molecule has 13 heteroatoms. The van der Waals surface area contributed by atoms with Crippen molar-refractivity contribution in [2.24, 2.45) is 0 Å². The Hall–Kier alpha value is -0.700. The summed E-state index contributed by atoms with van der Waals surface area (Å²) in [7, 11) is -4.46. The van der Waals surface area contributed by atoms with Crippen LogP contribution in [0.2, 0.25) is 15.1 Å². The largest absolute Gasteiger partial charge is 0.453 e. The van der Waals surface area contributed by atoms with Gasteiger partial charge in [0.05, 0.1) is 21.2 Å². The van der Waals surface area contributed by atoms with Crippen LogP contribution in [-0.4, -0.2) is 32.3 Å². The summed E-state index contributed by atoms with van der Waals surface area (Å²) in [5.74, 6) is -1.48. The summed E-state index contributed by atoms with van der Waals surface area (Å²) in [6.07, 6.45) is -5.71. The normalized spacial score (nSPS) is 12.9. The molecular formula is C10H7Cl3F3N2O4P. The first kappa shape index (κ1) is 18.6. The van der Waals surface area contributed by atoms with E-state index in [9.17, 15) is 17.7 Å². The monoisotopic (exact) mass is 412 g/mol. The highest BCUT2D eigenvalue weighted by Gasteiger charge is 2.40. The molecule has 0 saturated heterocycles. The Kier molecular flexibility index (Phi) is 5.11. The third kappa shape index (κ3) is 4.04. The van der Waals surface area contributed by atoms with Crippen LogP contribution in [0.4, 0.5) is 13.2 Å². The van der Waals surface area contributed by atoms with Gasteiger partial charge in [0.15, 0.2) is 0 Å². The number of alkyl halides is 3. The molecule has 2 aromatic rings. The van der Waals surface area contributed by atoms with E-state index in [1.54, 1.807) is 0 Å². The summed E-state index contributed by atoms with van der Waals surface area (Å²) in [5, 5.41) is -0.597. The number of benzene rings is 1. The van der Waals surface area contributed by atoms with E-state index in [-0.39, 0.29) is 30.8 Å². The van der Waals surface area contributed by atoms with E-state index in [1.807, 2.05) is 0 Å². The van der Waals surface area contributed by atoms with Crippen molar-refractivity contribution in [3.05, 3.63) is 27.0 Å². The van der Waals surface area contributed by atoms with E-state index in [0.29, 0.717) is 0 Å². The number of hydrogen-bond donors (Lipinski definition) is 2. The van der Waals surface area contributed by atoms with Crippen molar-refractivity contribution in [1.82, 2.24) is 9.71 Å². The molecule has 1 aromatic carbocycles. The standard InChI is InChI=1S/C10H7Cl3F3N2O4P/c11-4-3-5(12)7-8(6(4)13)18(9(17-7)10(14,15)16)22-1-2-23(19,20)21/h3H,1-2H2,(H2,19,20,21). The molecule has 0 aliphatic rings. The van der Waals surface area contributed by atoms with E-state index in [2.05, 4.69) is 4.98 Å². The maximum Gasteiger partial charge on any atom is 0.453 e. The van der Waals surface area contributed by atoms with E-state index < -0.39 is 32.4 Å². The van der Waals surface area contributed by atoms with Crippen molar-refractivity contribution in [2.45, 2.75) is 6.18 Å². The lowest BCUT2D eigenvalue weighted by Crippen LogP contribution is -2.23. The first-order chi connectivity index (χ1) is 10.4. The van der Waals surface area contributed by atoms with Crippen LogP contribution in [-0.2, 0) is 10.7 Å². The van der Waals surface area contributed by atoms with Crippen LogP contribution in [0.1, 0.15) is 5.82 Å². The molecule has 128 valence electrons. The van der Waals surface area contributed by atoms with Gasteiger partial charge in [0.2, 0.25) is 0 Å². The predicted molar refractivity (Wildman–Crippen MR) is 78.1 cm³/mol. The van der Waals surface area contributed by atoms with E-state index in [0.717, 1.165) is 6.07 Å². The first-order valence-electron chi connectivity index (χ1n) is 5.73. The molecule has 0 amide bonds. The Morgan fingerprint density at radius 3 is 2.39 bits per heavy atom. The fraction of sp³-hybridized carbons (Fsp3) is 0.300. The topological polar surface area (TPSA) is 84.6 Å². The van der Waals surface area contributed by atoms with Gasteiger partial charge < -0.3 is 14.6 Å². The minimum absolute atomic E-state index is 0.127. The molecule has 0 spiro atoms. The van der Waals surface area contributed by atoms with Crippen LogP contribution >= 0.6 is 42.4 Å². The highest BCUT2D eigenvalue weighted by molar-refractivity contribution is 7.51. The molecule has 0 unspecified atom stereocenters. The zero-order valence-electron chi connectivity index (χ0n) is 10.8. The Bertz CT molecular complexity index is 805. The second-order valence-electron chi connectivity index (χ2n) is 4.30. The molecule has 0 saturated carbocycles. The molecule has 0 radical (unpaired) electrons. The molecule has 2 rings (SSSR count). The summed E-state index contributed by atoms with van der Waals surface area (Å²) in [6.45, 7) is -0.709. The van der Waals surface area contributed by atoms with Crippen LogP contribution in [0.5, 0.6) is 0 Å². The van der Waals surface area contributed by atoms with Crippen molar-refractivity contribution in [2.75, 3.05) is 12.8 Å². The molecule has 1 heterocycles. The molecule has 23 heavy (non-hydrogen) atoms. The molecule has 0 bridgehead atoms. The number of imidazole rings is 1. The average molecular weight is 414 g/mol. The second kappa shape index (κ2) is 6.31. The Morgan fingerprint density at radius 1 is 1.26 bits per heavy atom. The summed E-state index contributed by atoms with van der Waals surface area (Å²) < 4.78 is 50.2. The van der Waals surface area contributed by atoms with Crippen LogP contribution in [0.15, 0.2) is 6.07 Å². The van der Waals surface area contributed by atoms with Crippen LogP contribution < -0.4 is 4.84 Å². The fourth-order valence-corrected chi connectivity index (χ4v) is 2.71. The number of rotatable bonds is 4. The third-order valence-corrected chi connectivity index (χ3v) is 4.42. The van der Waals surface area contributed by atoms with Crippen molar-refractivity contribution in [3.8, 4) is 0 Å². The van der Waals surface area contributed by atoms with Gasteiger partial charge in [-0.3, -0.25) is 4.57 Å². The molecule has 1 aromatic heterocycles. The van der Waals surface area contributed by atoms with Crippen LogP contribution in [0.25, 0.3) is 11.0 Å². The fourth-order valence-electron chi connectivity index (χ4n) is 1.68. The molecule has 0 aliphatic carbocycles. The van der Waals surface area contributed by atoms with Gasteiger partial charge in [-0.15, -0.1) is 0 Å². The van der Waals surface area contributed by atoms with Gasteiger partial charge in [0, 0.05) is 0 Å². The van der Waals surface area contributed by atoms with Gasteiger partial charge in [-0.25, -0.2) is 4.98 Å². The van der Waals surface area contributed by atoms with Crippen molar-refractivity contribution in [3.63, 3.8) is 0 Å². The number of fused-ring (bicyclic) bond motifs is 1. The van der Waals surface area contributed by atoms with E-state index in [1.165, 1.54) is 0 Å². The first-order valence-corrected chi connectivity index (χ1v) is 8.66. The van der Waals surface area contributed by atoms with Crippen LogP contribution in [0.3, 0.4) is 0 Å². The smallest absolute Gasteiger partial charge is 0.411 e. The van der Waals surface area contributed by atoms with Crippen molar-refractivity contribution in [1.29, 1.82) is 0 Å². The highest BCUT2D eigenvalue weighted by atomic mass is 35.5. The molecule has 0 fully saturated rings. The highest BCUT2D eigenvalue weighted by Crippen LogP contribution is 2.39. The van der Waals surface area contributed by atoms with Gasteiger partial charge in [-0.2, -0.15) is 17.9 Å². The lowest BCUT2D eigenvalue weighted by Gasteiger charge is -2.13. The quantitative estimate of drug-likeness (QED) is 0.591. The number of aromatic nitrogens is 2. The van der Waals surface area contributed by atoms with E-state index in [4.69, 9.17) is 49.4 Å². The summed E-state index contributed by atoms with van der Waals surface area (Å²) in [5.41, 5.74) is -0.647. The Labute approximate surface area is 141 Å². The van der Waals surface area contributed by atoms with Crippen molar-refractivity contribution < 1.29 is 32.4 Å². The van der Waals surface area contributed by atoms with Gasteiger partial charge in [0.25, 0.3) is 5.82 Å². The zero-order valence-corrected chi connectivity index (χ0v) is 14.0. The summed E-state index contributed by atoms with van der Waals surface area (Å²) in [4.78, 5) is 25.7. The number of nitrogens with zero attached hydrogens (tertiary/aromatic N) is 2. The Morgan fingerprint density at radius 2 is 1.87 bits per heavy atom. The molecule has 2 N–H and O–H groups in total. The molecule has 0 aliphatic heterocycles. The number of hydrogen-bond acceptors (Lipinski definition) is 3. The predicted octanol–water partition coefficient (Wildman–Crippen LogP) is 3.62. The van der Waals surface area contributed by atoms with Crippen molar-refractivity contribution >= 4 is 53.4 Å². The second-order valence-corrected chi connectivity index (χ2v) is 7.27. The van der Waals surface area contributed by atoms with Gasteiger partial charge in [-0.05, 0) is 6.07 Å².